The van der Waals surface area contributed by atoms with Gasteiger partial charge in [0.1, 0.15) is 0 Å². The Balaban J connectivity index is 1.71. The van der Waals surface area contributed by atoms with Gasteiger partial charge in [-0.2, -0.15) is 0 Å². The molecule has 6 heteroatoms. The Labute approximate surface area is 122 Å². The lowest BCUT2D eigenvalue weighted by Gasteiger charge is -2.30. The van der Waals surface area contributed by atoms with E-state index < -0.39 is 0 Å². The minimum Gasteiger partial charge on any atom is -0.449 e. The molecule has 0 unspecified atom stereocenters. The van der Waals surface area contributed by atoms with Crippen LogP contribution in [0.2, 0.25) is 0 Å². The quantitative estimate of drug-likeness (QED) is 0.911. The average Bonchev–Trinajstić information content (AvgIpc) is 3.01. The second kappa shape index (κ2) is 6.32. The third-order valence-corrected chi connectivity index (χ3v) is 3.26. The summed E-state index contributed by atoms with van der Waals surface area (Å²) in [7, 11) is 0. The molecule has 1 fully saturated rings. The number of rotatable bonds is 3. The van der Waals surface area contributed by atoms with Crippen molar-refractivity contribution in [2.75, 3.05) is 41.8 Å². The van der Waals surface area contributed by atoms with Crippen LogP contribution in [0, 0.1) is 0 Å². The maximum atomic E-state index is 12.0. The zero-order chi connectivity index (χ0) is 14.5. The van der Waals surface area contributed by atoms with Crippen molar-refractivity contribution in [2.45, 2.75) is 0 Å². The van der Waals surface area contributed by atoms with Crippen LogP contribution >= 0.6 is 0 Å². The SMILES string of the molecule is O=C(Nc1ccco1)Nc1ccccc1N1CCOCC1. The molecule has 2 aromatic rings. The van der Waals surface area contributed by atoms with Crippen molar-refractivity contribution in [1.29, 1.82) is 0 Å². The van der Waals surface area contributed by atoms with Crippen LogP contribution in [0.4, 0.5) is 22.1 Å². The van der Waals surface area contributed by atoms with Crippen molar-refractivity contribution in [3.05, 3.63) is 42.7 Å². The molecular weight excluding hydrogens is 270 g/mol. The Hall–Kier alpha value is -2.47. The van der Waals surface area contributed by atoms with Crippen LogP contribution in [-0.4, -0.2) is 32.3 Å². The fraction of sp³-hybridized carbons (Fsp3) is 0.267. The number of furan rings is 1. The molecule has 0 spiro atoms. The molecule has 2 N–H and O–H groups in total. The Kier molecular flexibility index (Phi) is 4.07. The number of hydrogen-bond donors (Lipinski definition) is 2. The lowest BCUT2D eigenvalue weighted by molar-refractivity contribution is 0.123. The van der Waals surface area contributed by atoms with E-state index in [2.05, 4.69) is 15.5 Å². The van der Waals surface area contributed by atoms with Crippen LogP contribution in [0.1, 0.15) is 0 Å². The monoisotopic (exact) mass is 287 g/mol. The van der Waals surface area contributed by atoms with Crippen LogP contribution < -0.4 is 15.5 Å². The van der Waals surface area contributed by atoms with Crippen LogP contribution in [-0.2, 0) is 4.74 Å². The van der Waals surface area contributed by atoms with Crippen molar-refractivity contribution in [1.82, 2.24) is 0 Å². The fourth-order valence-corrected chi connectivity index (χ4v) is 2.27. The number of anilines is 3. The van der Waals surface area contributed by atoms with Gasteiger partial charge < -0.3 is 19.4 Å². The number of urea groups is 1. The highest BCUT2D eigenvalue weighted by Gasteiger charge is 2.15. The third-order valence-electron chi connectivity index (χ3n) is 3.26. The summed E-state index contributed by atoms with van der Waals surface area (Å²) in [6, 6.07) is 10.8. The van der Waals surface area contributed by atoms with Gasteiger partial charge in [-0.3, -0.25) is 5.32 Å². The molecule has 2 amide bonds. The molecule has 0 aliphatic carbocycles. The van der Waals surface area contributed by atoms with E-state index in [1.54, 1.807) is 12.1 Å². The maximum absolute atomic E-state index is 12.0. The second-order valence-corrected chi connectivity index (χ2v) is 4.67. The summed E-state index contributed by atoms with van der Waals surface area (Å²) >= 11 is 0. The van der Waals surface area contributed by atoms with Gasteiger partial charge in [-0.25, -0.2) is 4.79 Å². The Morgan fingerprint density at radius 2 is 1.86 bits per heavy atom. The molecule has 110 valence electrons. The normalized spacial score (nSPS) is 14.8. The first-order valence-electron chi connectivity index (χ1n) is 6.86. The number of benzene rings is 1. The number of nitrogens with zero attached hydrogens (tertiary/aromatic N) is 1. The van der Waals surface area contributed by atoms with E-state index in [-0.39, 0.29) is 6.03 Å². The van der Waals surface area contributed by atoms with Gasteiger partial charge >= 0.3 is 6.03 Å². The number of morpholine rings is 1. The molecule has 2 heterocycles. The number of carbonyl (C=O) groups excluding carboxylic acids is 1. The molecule has 1 aromatic heterocycles. The zero-order valence-electron chi connectivity index (χ0n) is 11.5. The third kappa shape index (κ3) is 3.35. The van der Waals surface area contributed by atoms with Gasteiger partial charge in [0.05, 0.1) is 30.9 Å². The van der Waals surface area contributed by atoms with E-state index in [0.29, 0.717) is 19.1 Å². The summed E-state index contributed by atoms with van der Waals surface area (Å²) in [5.74, 6) is 0.413. The van der Waals surface area contributed by atoms with Gasteiger partial charge in [-0.05, 0) is 18.2 Å². The minimum atomic E-state index is -0.328. The first-order chi connectivity index (χ1) is 10.3. The van der Waals surface area contributed by atoms with Crippen molar-refractivity contribution >= 4 is 23.3 Å². The molecule has 1 aliphatic heterocycles. The summed E-state index contributed by atoms with van der Waals surface area (Å²) in [5.41, 5.74) is 1.76. The predicted octanol–water partition coefficient (Wildman–Crippen LogP) is 2.76. The molecule has 0 radical (unpaired) electrons. The highest BCUT2D eigenvalue weighted by atomic mass is 16.5. The van der Waals surface area contributed by atoms with Crippen LogP contribution in [0.15, 0.2) is 47.1 Å². The van der Waals surface area contributed by atoms with Crippen molar-refractivity contribution in [3.63, 3.8) is 0 Å². The van der Waals surface area contributed by atoms with E-state index in [1.165, 1.54) is 6.26 Å². The minimum absolute atomic E-state index is 0.328. The highest BCUT2D eigenvalue weighted by molar-refractivity contribution is 6.01. The molecule has 6 nitrogen and oxygen atoms in total. The van der Waals surface area contributed by atoms with Crippen LogP contribution in [0.3, 0.4) is 0 Å². The number of para-hydroxylation sites is 2. The summed E-state index contributed by atoms with van der Waals surface area (Å²) in [6.45, 7) is 3.04. The summed E-state index contributed by atoms with van der Waals surface area (Å²) in [4.78, 5) is 14.2. The van der Waals surface area contributed by atoms with E-state index in [9.17, 15) is 4.79 Å². The van der Waals surface area contributed by atoms with Crippen molar-refractivity contribution < 1.29 is 13.9 Å². The van der Waals surface area contributed by atoms with Gasteiger partial charge in [-0.1, -0.05) is 12.1 Å². The van der Waals surface area contributed by atoms with E-state index in [0.717, 1.165) is 24.5 Å². The van der Waals surface area contributed by atoms with Gasteiger partial charge in [0.25, 0.3) is 0 Å². The first kappa shape index (κ1) is 13.5. The Bertz CT molecular complexity index is 592. The molecule has 1 aromatic carbocycles. The average molecular weight is 287 g/mol. The molecule has 0 saturated carbocycles. The highest BCUT2D eigenvalue weighted by Crippen LogP contribution is 2.26. The second-order valence-electron chi connectivity index (χ2n) is 4.67. The van der Waals surface area contributed by atoms with E-state index in [1.807, 2.05) is 24.3 Å². The summed E-state index contributed by atoms with van der Waals surface area (Å²) in [5, 5.41) is 5.49. The van der Waals surface area contributed by atoms with E-state index >= 15 is 0 Å². The Morgan fingerprint density at radius 1 is 1.05 bits per heavy atom. The number of nitrogens with one attached hydrogen (secondary N) is 2. The van der Waals surface area contributed by atoms with Gasteiger partial charge in [-0.15, -0.1) is 0 Å². The molecule has 3 rings (SSSR count). The number of amides is 2. The number of carbonyl (C=O) groups is 1. The molecule has 0 bridgehead atoms. The molecular formula is C15H17N3O3. The van der Waals surface area contributed by atoms with Crippen molar-refractivity contribution in [2.24, 2.45) is 0 Å². The summed E-state index contributed by atoms with van der Waals surface area (Å²) < 4.78 is 10.4. The zero-order valence-corrected chi connectivity index (χ0v) is 11.5. The lowest BCUT2D eigenvalue weighted by Crippen LogP contribution is -2.36. The van der Waals surface area contributed by atoms with E-state index in [4.69, 9.17) is 9.15 Å². The standard InChI is InChI=1S/C15H17N3O3/c19-15(17-14-6-3-9-21-14)16-12-4-1-2-5-13(12)18-7-10-20-11-8-18/h1-6,9H,7-8,10-11H2,(H2,16,17,19). The van der Waals surface area contributed by atoms with Gasteiger partial charge in [0.15, 0.2) is 0 Å². The molecule has 21 heavy (non-hydrogen) atoms. The Morgan fingerprint density at radius 3 is 2.62 bits per heavy atom. The maximum Gasteiger partial charge on any atom is 0.326 e. The smallest absolute Gasteiger partial charge is 0.326 e. The number of hydrogen-bond acceptors (Lipinski definition) is 4. The molecule has 0 atom stereocenters. The lowest BCUT2D eigenvalue weighted by atomic mass is 10.2. The largest absolute Gasteiger partial charge is 0.449 e. The summed E-state index contributed by atoms with van der Waals surface area (Å²) in [6.07, 6.45) is 1.51. The predicted molar refractivity (Wildman–Crippen MR) is 80.8 cm³/mol. The van der Waals surface area contributed by atoms with Crippen LogP contribution in [0.5, 0.6) is 0 Å². The molecule has 1 saturated heterocycles. The van der Waals surface area contributed by atoms with Gasteiger partial charge in [0.2, 0.25) is 5.88 Å². The van der Waals surface area contributed by atoms with Gasteiger partial charge in [0, 0.05) is 19.2 Å². The van der Waals surface area contributed by atoms with Crippen molar-refractivity contribution in [3.8, 4) is 0 Å². The molecule has 1 aliphatic rings. The fourth-order valence-electron chi connectivity index (χ4n) is 2.27. The topological polar surface area (TPSA) is 66.7 Å². The first-order valence-corrected chi connectivity index (χ1v) is 6.86. The number of ether oxygens (including phenoxy) is 1. The van der Waals surface area contributed by atoms with Crippen LogP contribution in [0.25, 0.3) is 0 Å².